The molecule has 1 aliphatic rings. The molecule has 0 aliphatic carbocycles. The minimum absolute atomic E-state index is 0.0105. The summed E-state index contributed by atoms with van der Waals surface area (Å²) < 4.78 is 15.2. The van der Waals surface area contributed by atoms with Gasteiger partial charge in [-0.2, -0.15) is 0 Å². The Morgan fingerprint density at radius 2 is 2.31 bits per heavy atom. The Balaban J connectivity index is 2.82. The Hall–Kier alpha value is 0.120. The van der Waals surface area contributed by atoms with Gasteiger partial charge in [0.05, 0.1) is 17.6 Å². The van der Waals surface area contributed by atoms with Crippen LogP contribution < -0.4 is 0 Å². The smallest absolute Gasteiger partial charge is 0.367 e. The van der Waals surface area contributed by atoms with Crippen molar-refractivity contribution in [3.8, 4) is 0 Å². The summed E-state index contributed by atoms with van der Waals surface area (Å²) in [7, 11) is 2.80. The van der Waals surface area contributed by atoms with E-state index in [1.165, 1.54) is 14.2 Å². The largest absolute Gasteiger partial charge is 0.465 e. The van der Waals surface area contributed by atoms with Gasteiger partial charge in [0.25, 0.3) is 5.79 Å². The van der Waals surface area contributed by atoms with Gasteiger partial charge in [-0.25, -0.2) is 4.79 Å². The number of hydrogen-bond acceptors (Lipinski definition) is 4. The van der Waals surface area contributed by atoms with Crippen molar-refractivity contribution in [1.82, 2.24) is 0 Å². The summed E-state index contributed by atoms with van der Waals surface area (Å²) in [6.07, 6.45) is 1.86. The monoisotopic (exact) mass is 300 g/mol. The maximum Gasteiger partial charge on any atom is 0.367 e. The molecule has 0 radical (unpaired) electrons. The molecule has 0 aromatic carbocycles. The quantitative estimate of drug-likeness (QED) is 0.435. The van der Waals surface area contributed by atoms with Crippen LogP contribution in [0.4, 0.5) is 0 Å². The van der Waals surface area contributed by atoms with E-state index in [1.807, 2.05) is 0 Å². The number of hydrogen-bond donors (Lipinski definition) is 0. The normalized spacial score (nSPS) is 34.2. The molecule has 0 aromatic rings. The number of rotatable bonds is 2. The van der Waals surface area contributed by atoms with E-state index >= 15 is 0 Å². The summed E-state index contributed by atoms with van der Waals surface area (Å²) in [6.45, 7) is 0.544. The number of esters is 1. The van der Waals surface area contributed by atoms with Gasteiger partial charge < -0.3 is 14.2 Å². The minimum atomic E-state index is -1.19. The molecule has 2 atom stereocenters. The summed E-state index contributed by atoms with van der Waals surface area (Å²) in [4.78, 5) is 11.5. The lowest BCUT2D eigenvalue weighted by Gasteiger charge is -2.36. The number of alkyl halides is 1. The number of carbonyl (C=O) groups is 1. The molecule has 0 amide bonds. The van der Waals surface area contributed by atoms with Crippen LogP contribution in [0.1, 0.15) is 12.8 Å². The van der Waals surface area contributed by atoms with Crippen molar-refractivity contribution < 1.29 is 19.0 Å². The van der Waals surface area contributed by atoms with Crippen molar-refractivity contribution in [1.29, 1.82) is 0 Å². The first-order valence-corrected chi connectivity index (χ1v) is 5.33. The van der Waals surface area contributed by atoms with Crippen LogP contribution in [0.3, 0.4) is 0 Å². The van der Waals surface area contributed by atoms with Crippen LogP contribution in [0.25, 0.3) is 0 Å². The Kier molecular flexibility index (Phi) is 3.93. The molecule has 0 unspecified atom stereocenters. The predicted molar refractivity (Wildman–Crippen MR) is 54.8 cm³/mol. The topological polar surface area (TPSA) is 44.8 Å². The van der Waals surface area contributed by atoms with Crippen LogP contribution in [0.2, 0.25) is 0 Å². The molecule has 1 heterocycles. The lowest BCUT2D eigenvalue weighted by molar-refractivity contribution is -0.244. The van der Waals surface area contributed by atoms with Crippen molar-refractivity contribution in [3.63, 3.8) is 0 Å². The fourth-order valence-corrected chi connectivity index (χ4v) is 2.49. The van der Waals surface area contributed by atoms with E-state index in [2.05, 4.69) is 27.3 Å². The first-order valence-electron chi connectivity index (χ1n) is 4.09. The van der Waals surface area contributed by atoms with Crippen LogP contribution in [0.15, 0.2) is 0 Å². The summed E-state index contributed by atoms with van der Waals surface area (Å²) in [5.74, 6) is -1.64. The van der Waals surface area contributed by atoms with Gasteiger partial charge in [0.2, 0.25) is 0 Å². The Labute approximate surface area is 91.1 Å². The average Bonchev–Trinajstić information content (AvgIpc) is 2.18. The second kappa shape index (κ2) is 4.56. The second-order valence-corrected chi connectivity index (χ2v) is 4.33. The maximum atomic E-state index is 11.5. The maximum absolute atomic E-state index is 11.5. The third-order valence-electron chi connectivity index (χ3n) is 2.10. The Morgan fingerprint density at radius 1 is 1.62 bits per heavy atom. The van der Waals surface area contributed by atoms with Gasteiger partial charge in [0, 0.05) is 7.11 Å². The standard InChI is InChI=1S/C8H13IO4/c1-11-7(10)8(12-2)6(9)4-3-5-13-8/h6H,3-5H2,1-2H3/t6-,8+/m0/s1. The molecular weight excluding hydrogens is 287 g/mol. The first kappa shape index (κ1) is 11.2. The van der Waals surface area contributed by atoms with E-state index in [0.29, 0.717) is 6.61 Å². The van der Waals surface area contributed by atoms with Crippen molar-refractivity contribution in [2.75, 3.05) is 20.8 Å². The SMILES string of the molecule is COC(=O)[C@]1(OC)OCCC[C@@H]1I. The van der Waals surface area contributed by atoms with E-state index in [9.17, 15) is 4.79 Å². The third kappa shape index (κ3) is 1.97. The Bertz CT molecular complexity index is 197. The molecule has 0 N–H and O–H groups in total. The van der Waals surface area contributed by atoms with Crippen molar-refractivity contribution >= 4 is 28.6 Å². The van der Waals surface area contributed by atoms with E-state index in [4.69, 9.17) is 9.47 Å². The minimum Gasteiger partial charge on any atom is -0.465 e. The molecule has 0 saturated carbocycles. The number of carbonyl (C=O) groups excluding carboxylic acids is 1. The van der Waals surface area contributed by atoms with Gasteiger partial charge >= 0.3 is 5.97 Å². The highest BCUT2D eigenvalue weighted by Crippen LogP contribution is 2.33. The molecule has 4 nitrogen and oxygen atoms in total. The van der Waals surface area contributed by atoms with E-state index < -0.39 is 11.8 Å². The number of ether oxygens (including phenoxy) is 3. The summed E-state index contributed by atoms with van der Waals surface area (Å²) in [5, 5.41) is 0. The van der Waals surface area contributed by atoms with Gasteiger partial charge in [-0.05, 0) is 12.8 Å². The van der Waals surface area contributed by atoms with Gasteiger partial charge in [-0.1, -0.05) is 22.6 Å². The zero-order valence-electron chi connectivity index (χ0n) is 7.71. The number of methoxy groups -OCH3 is 2. The van der Waals surface area contributed by atoms with Crippen molar-refractivity contribution in [2.24, 2.45) is 0 Å². The molecule has 0 spiro atoms. The Morgan fingerprint density at radius 3 is 2.77 bits per heavy atom. The third-order valence-corrected chi connectivity index (χ3v) is 3.55. The number of halogens is 1. The molecule has 1 saturated heterocycles. The van der Waals surface area contributed by atoms with Crippen LogP contribution in [-0.2, 0) is 19.0 Å². The summed E-state index contributed by atoms with van der Waals surface area (Å²) in [6, 6.07) is 0. The van der Waals surface area contributed by atoms with Gasteiger partial charge in [-0.3, -0.25) is 0 Å². The molecule has 5 heteroatoms. The zero-order chi connectivity index (χ0) is 9.90. The predicted octanol–water partition coefficient (Wildman–Crippen LogP) is 1.12. The highest BCUT2D eigenvalue weighted by Gasteiger charge is 2.49. The van der Waals surface area contributed by atoms with Gasteiger partial charge in [0.15, 0.2) is 0 Å². The summed E-state index contributed by atoms with van der Waals surface area (Å²) in [5.41, 5.74) is 0. The highest BCUT2D eigenvalue weighted by atomic mass is 127. The fraction of sp³-hybridized carbons (Fsp3) is 0.875. The molecule has 1 rings (SSSR count). The lowest BCUT2D eigenvalue weighted by atomic mass is 10.1. The van der Waals surface area contributed by atoms with Crippen LogP contribution in [-0.4, -0.2) is 36.5 Å². The van der Waals surface area contributed by atoms with E-state index in [1.54, 1.807) is 0 Å². The second-order valence-electron chi connectivity index (χ2n) is 2.82. The van der Waals surface area contributed by atoms with E-state index in [-0.39, 0.29) is 3.92 Å². The molecule has 1 fully saturated rings. The van der Waals surface area contributed by atoms with Crippen LogP contribution in [0, 0.1) is 0 Å². The van der Waals surface area contributed by atoms with Crippen LogP contribution in [0.5, 0.6) is 0 Å². The van der Waals surface area contributed by atoms with Crippen molar-refractivity contribution in [3.05, 3.63) is 0 Å². The van der Waals surface area contributed by atoms with Gasteiger partial charge in [0.1, 0.15) is 0 Å². The summed E-state index contributed by atoms with van der Waals surface area (Å²) >= 11 is 2.16. The fourth-order valence-electron chi connectivity index (χ4n) is 1.37. The van der Waals surface area contributed by atoms with Crippen molar-refractivity contribution in [2.45, 2.75) is 22.6 Å². The van der Waals surface area contributed by atoms with E-state index in [0.717, 1.165) is 12.8 Å². The average molecular weight is 300 g/mol. The molecule has 13 heavy (non-hydrogen) atoms. The molecule has 76 valence electrons. The molecule has 0 aromatic heterocycles. The zero-order valence-corrected chi connectivity index (χ0v) is 9.87. The van der Waals surface area contributed by atoms with Crippen LogP contribution >= 0.6 is 22.6 Å². The van der Waals surface area contributed by atoms with Gasteiger partial charge in [-0.15, -0.1) is 0 Å². The highest BCUT2D eigenvalue weighted by molar-refractivity contribution is 14.1. The molecule has 1 aliphatic heterocycles. The molecule has 0 bridgehead atoms. The molecular formula is C8H13IO4. The lowest BCUT2D eigenvalue weighted by Crippen LogP contribution is -2.54. The first-order chi connectivity index (χ1) is 6.17.